The lowest BCUT2D eigenvalue weighted by Crippen LogP contribution is -2.00. The molecule has 8 rings (SSSR count). The van der Waals surface area contributed by atoms with Crippen molar-refractivity contribution in [3.05, 3.63) is 163 Å². The third-order valence-corrected chi connectivity index (χ3v) is 7.74. The van der Waals surface area contributed by atoms with Crippen LogP contribution in [0.25, 0.3) is 56.2 Å². The number of imidazole rings is 2. The molecule has 0 N–H and O–H groups in total. The SMILES string of the molecule is C(=N\c1ccccc1)/c1cc(-c2nc3ccccc3n2-c2ccccc2)cc(-c2nc3ccccc3n2-c2ccccc2)c1. The summed E-state index contributed by atoms with van der Waals surface area (Å²) >= 11 is 0. The Balaban J connectivity index is 1.40. The third kappa shape index (κ3) is 4.67. The van der Waals surface area contributed by atoms with Crippen molar-refractivity contribution in [1.29, 1.82) is 0 Å². The minimum absolute atomic E-state index is 0.857. The zero-order chi connectivity index (χ0) is 29.3. The lowest BCUT2D eigenvalue weighted by atomic mass is 10.0. The molecule has 44 heavy (non-hydrogen) atoms. The van der Waals surface area contributed by atoms with Gasteiger partial charge in [0.2, 0.25) is 0 Å². The highest BCUT2D eigenvalue weighted by atomic mass is 15.1. The number of aromatic nitrogens is 4. The first kappa shape index (κ1) is 25.6. The van der Waals surface area contributed by atoms with E-state index in [4.69, 9.17) is 15.0 Å². The lowest BCUT2D eigenvalue weighted by Gasteiger charge is -2.13. The quantitative estimate of drug-likeness (QED) is 0.189. The van der Waals surface area contributed by atoms with Gasteiger partial charge in [-0.1, -0.05) is 78.9 Å². The second-order valence-electron chi connectivity index (χ2n) is 10.6. The average Bonchev–Trinajstić information content (AvgIpc) is 3.68. The van der Waals surface area contributed by atoms with Gasteiger partial charge in [-0.15, -0.1) is 0 Å². The monoisotopic (exact) mass is 565 g/mol. The number of rotatable bonds is 6. The van der Waals surface area contributed by atoms with Crippen molar-refractivity contribution in [2.75, 3.05) is 0 Å². The van der Waals surface area contributed by atoms with Crippen LogP contribution in [0, 0.1) is 0 Å². The van der Waals surface area contributed by atoms with Crippen molar-refractivity contribution in [2.45, 2.75) is 0 Å². The summed E-state index contributed by atoms with van der Waals surface area (Å²) in [5.74, 6) is 1.71. The molecule has 0 aliphatic rings. The van der Waals surface area contributed by atoms with Crippen molar-refractivity contribution in [3.8, 4) is 34.2 Å². The molecule has 6 aromatic carbocycles. The van der Waals surface area contributed by atoms with Crippen molar-refractivity contribution in [1.82, 2.24) is 19.1 Å². The smallest absolute Gasteiger partial charge is 0.145 e. The Bertz CT molecular complexity index is 2130. The van der Waals surface area contributed by atoms with Crippen molar-refractivity contribution >= 4 is 34.0 Å². The first-order chi connectivity index (χ1) is 21.8. The number of fused-ring (bicyclic) bond motifs is 2. The van der Waals surface area contributed by atoms with E-state index < -0.39 is 0 Å². The molecule has 0 unspecified atom stereocenters. The van der Waals surface area contributed by atoms with Crippen LogP contribution >= 0.6 is 0 Å². The van der Waals surface area contributed by atoms with Crippen LogP contribution in [0.15, 0.2) is 163 Å². The summed E-state index contributed by atoms with van der Waals surface area (Å²) in [6, 6.07) is 53.9. The molecule has 8 aromatic rings. The van der Waals surface area contributed by atoms with Crippen LogP contribution in [0.1, 0.15) is 5.56 Å². The van der Waals surface area contributed by atoms with Crippen LogP contribution in [-0.4, -0.2) is 25.3 Å². The highest BCUT2D eigenvalue weighted by Crippen LogP contribution is 2.34. The minimum Gasteiger partial charge on any atom is -0.292 e. The fraction of sp³-hybridized carbons (Fsp3) is 0. The maximum Gasteiger partial charge on any atom is 0.145 e. The largest absolute Gasteiger partial charge is 0.292 e. The van der Waals surface area contributed by atoms with Gasteiger partial charge in [0, 0.05) is 28.7 Å². The summed E-state index contributed by atoms with van der Waals surface area (Å²) < 4.78 is 4.46. The molecule has 0 amide bonds. The molecule has 0 saturated carbocycles. The van der Waals surface area contributed by atoms with E-state index in [2.05, 4.69) is 112 Å². The zero-order valence-electron chi connectivity index (χ0n) is 23.8. The van der Waals surface area contributed by atoms with Gasteiger partial charge in [-0.25, -0.2) is 9.97 Å². The van der Waals surface area contributed by atoms with Crippen LogP contribution in [0.4, 0.5) is 5.69 Å². The second kappa shape index (κ2) is 11.0. The van der Waals surface area contributed by atoms with E-state index in [0.29, 0.717) is 0 Å². The summed E-state index contributed by atoms with van der Waals surface area (Å²) in [7, 11) is 0. The third-order valence-electron chi connectivity index (χ3n) is 7.74. The number of nitrogens with zero attached hydrogens (tertiary/aromatic N) is 5. The van der Waals surface area contributed by atoms with E-state index in [0.717, 1.165) is 67.5 Å². The predicted octanol–water partition coefficient (Wildman–Crippen LogP) is 9.45. The Morgan fingerprint density at radius 2 is 0.886 bits per heavy atom. The number of benzene rings is 6. The first-order valence-electron chi connectivity index (χ1n) is 14.6. The van der Waals surface area contributed by atoms with Gasteiger partial charge in [0.1, 0.15) is 11.6 Å². The first-order valence-corrected chi connectivity index (χ1v) is 14.6. The van der Waals surface area contributed by atoms with E-state index in [1.165, 1.54) is 0 Å². The maximum absolute atomic E-state index is 5.17. The molecule has 0 saturated heterocycles. The molecule has 0 aliphatic carbocycles. The Hall–Kier alpha value is -6.07. The minimum atomic E-state index is 0.857. The molecule has 2 heterocycles. The Morgan fingerprint density at radius 1 is 0.455 bits per heavy atom. The number of para-hydroxylation sites is 7. The van der Waals surface area contributed by atoms with Gasteiger partial charge in [0.25, 0.3) is 0 Å². The van der Waals surface area contributed by atoms with Gasteiger partial charge < -0.3 is 0 Å². The summed E-state index contributed by atoms with van der Waals surface area (Å²) in [4.78, 5) is 15.1. The molecule has 0 fully saturated rings. The molecular weight excluding hydrogens is 538 g/mol. The van der Waals surface area contributed by atoms with Gasteiger partial charge in [-0.3, -0.25) is 14.1 Å². The lowest BCUT2D eigenvalue weighted by molar-refractivity contribution is 1.09. The van der Waals surface area contributed by atoms with Gasteiger partial charge in [-0.2, -0.15) is 0 Å². The number of hydrogen-bond acceptors (Lipinski definition) is 3. The molecule has 2 aromatic heterocycles. The molecule has 5 nitrogen and oxygen atoms in total. The number of hydrogen-bond donors (Lipinski definition) is 0. The van der Waals surface area contributed by atoms with Crippen molar-refractivity contribution < 1.29 is 0 Å². The highest BCUT2D eigenvalue weighted by molar-refractivity contribution is 5.91. The summed E-state index contributed by atoms with van der Waals surface area (Å²) in [5.41, 5.74) is 9.89. The van der Waals surface area contributed by atoms with Gasteiger partial charge in [0.05, 0.1) is 27.8 Å². The molecule has 0 aliphatic heterocycles. The Labute approximate surface area is 255 Å². The summed E-state index contributed by atoms with van der Waals surface area (Å²) in [6.07, 6.45) is 1.92. The maximum atomic E-state index is 5.17. The predicted molar refractivity (Wildman–Crippen MR) is 180 cm³/mol. The highest BCUT2D eigenvalue weighted by Gasteiger charge is 2.19. The zero-order valence-corrected chi connectivity index (χ0v) is 23.8. The Kier molecular flexibility index (Phi) is 6.39. The second-order valence-corrected chi connectivity index (χ2v) is 10.6. The normalized spacial score (nSPS) is 11.5. The fourth-order valence-electron chi connectivity index (χ4n) is 5.76. The standard InChI is InChI=1S/C39H27N5/c1-4-14-31(15-5-1)40-27-28-24-29(38-41-34-20-10-12-22-36(34)43(38)32-16-6-2-7-17-32)26-30(25-28)39-42-35-21-11-13-23-37(35)44(39)33-18-8-3-9-19-33/h1-27H/b40-27+. The van der Waals surface area contributed by atoms with Crippen LogP contribution in [0.5, 0.6) is 0 Å². The Morgan fingerprint density at radius 3 is 1.39 bits per heavy atom. The van der Waals surface area contributed by atoms with Gasteiger partial charge >= 0.3 is 0 Å². The summed E-state index contributed by atoms with van der Waals surface area (Å²) in [5, 5.41) is 0. The molecule has 5 heteroatoms. The molecule has 0 radical (unpaired) electrons. The van der Waals surface area contributed by atoms with E-state index in [1.807, 2.05) is 60.8 Å². The van der Waals surface area contributed by atoms with Crippen LogP contribution < -0.4 is 0 Å². The van der Waals surface area contributed by atoms with E-state index in [1.54, 1.807) is 0 Å². The van der Waals surface area contributed by atoms with E-state index >= 15 is 0 Å². The average molecular weight is 566 g/mol. The molecule has 0 bridgehead atoms. The number of aliphatic imine (C=N–C) groups is 1. The fourth-order valence-corrected chi connectivity index (χ4v) is 5.76. The van der Waals surface area contributed by atoms with Crippen LogP contribution in [0.3, 0.4) is 0 Å². The van der Waals surface area contributed by atoms with Crippen molar-refractivity contribution in [2.24, 2.45) is 4.99 Å². The van der Waals surface area contributed by atoms with Gasteiger partial charge in [-0.05, 0) is 84.4 Å². The molecule has 0 spiro atoms. The van der Waals surface area contributed by atoms with E-state index in [-0.39, 0.29) is 0 Å². The topological polar surface area (TPSA) is 48.0 Å². The molecular formula is C39H27N5. The summed E-state index contributed by atoms with van der Waals surface area (Å²) in [6.45, 7) is 0. The molecule has 0 atom stereocenters. The molecule has 208 valence electrons. The van der Waals surface area contributed by atoms with Crippen LogP contribution in [-0.2, 0) is 0 Å². The van der Waals surface area contributed by atoms with Gasteiger partial charge in [0.15, 0.2) is 0 Å². The van der Waals surface area contributed by atoms with Crippen LogP contribution in [0.2, 0.25) is 0 Å². The van der Waals surface area contributed by atoms with E-state index in [9.17, 15) is 0 Å². The van der Waals surface area contributed by atoms with Crippen molar-refractivity contribution in [3.63, 3.8) is 0 Å².